The number of rotatable bonds is 8. The molecule has 6 nitrogen and oxygen atoms in total. The Bertz CT molecular complexity index is 726. The lowest BCUT2D eigenvalue weighted by Gasteiger charge is -2.28. The molecule has 142 valence electrons. The van der Waals surface area contributed by atoms with Crippen LogP contribution in [0.5, 0.6) is 5.75 Å². The molecule has 0 saturated carbocycles. The third kappa shape index (κ3) is 5.14. The van der Waals surface area contributed by atoms with Crippen molar-refractivity contribution in [2.24, 2.45) is 11.8 Å². The zero-order chi connectivity index (χ0) is 19.3. The average Bonchev–Trinajstić information content (AvgIpc) is 2.55. The number of nitrogens with two attached hydrogens (primary N) is 1. The van der Waals surface area contributed by atoms with Gasteiger partial charge in [0.15, 0.2) is 11.6 Å². The summed E-state index contributed by atoms with van der Waals surface area (Å²) in [5.74, 6) is 2.93. The van der Waals surface area contributed by atoms with Crippen LogP contribution < -0.4 is 20.7 Å². The van der Waals surface area contributed by atoms with E-state index in [4.69, 9.17) is 22.1 Å². The number of nitrogens with zero attached hydrogens (tertiary/aromatic N) is 3. The van der Waals surface area contributed by atoms with E-state index >= 15 is 0 Å². The van der Waals surface area contributed by atoms with Gasteiger partial charge in [-0.1, -0.05) is 39.3 Å². The number of aromatic nitrogens is 2. The van der Waals surface area contributed by atoms with Gasteiger partial charge in [-0.25, -0.2) is 9.97 Å². The number of halogens is 1. The fourth-order valence-corrected chi connectivity index (χ4v) is 2.94. The highest BCUT2D eigenvalue weighted by Crippen LogP contribution is 2.34. The first-order chi connectivity index (χ1) is 12.3. The highest BCUT2D eigenvalue weighted by molar-refractivity contribution is 6.31. The molecule has 1 aromatic carbocycles. The predicted molar refractivity (Wildman–Crippen MR) is 110 cm³/mol. The standard InChI is InChI=1S/C19H28ClN5O/c1-12(2)9-25(10-13(3)4)19-17(21)18(22-11-23-19)24-15-8-14(20)6-7-16(15)26-5/h6-8,11-13H,9-10,21H2,1-5H3,(H,22,23,24). The third-order valence-electron chi connectivity index (χ3n) is 3.75. The van der Waals surface area contributed by atoms with E-state index in [2.05, 4.69) is 47.9 Å². The number of hydrogen-bond donors (Lipinski definition) is 2. The summed E-state index contributed by atoms with van der Waals surface area (Å²) in [5, 5.41) is 3.82. The predicted octanol–water partition coefficient (Wildman–Crippen LogP) is 4.58. The molecule has 0 amide bonds. The largest absolute Gasteiger partial charge is 0.495 e. The highest BCUT2D eigenvalue weighted by atomic mass is 35.5. The zero-order valence-electron chi connectivity index (χ0n) is 16.1. The molecule has 0 fully saturated rings. The molecule has 0 aliphatic carbocycles. The second kappa shape index (κ2) is 8.94. The van der Waals surface area contributed by atoms with Crippen LogP contribution in [0, 0.1) is 11.8 Å². The Morgan fingerprint density at radius 2 is 1.81 bits per heavy atom. The van der Waals surface area contributed by atoms with Crippen molar-refractivity contribution in [2.75, 3.05) is 36.1 Å². The summed E-state index contributed by atoms with van der Waals surface area (Å²) in [7, 11) is 1.61. The van der Waals surface area contributed by atoms with Gasteiger partial charge in [0, 0.05) is 18.1 Å². The van der Waals surface area contributed by atoms with Gasteiger partial charge < -0.3 is 20.7 Å². The van der Waals surface area contributed by atoms with Gasteiger partial charge in [-0.3, -0.25) is 0 Å². The van der Waals surface area contributed by atoms with E-state index in [1.807, 2.05) is 0 Å². The fraction of sp³-hybridized carbons (Fsp3) is 0.474. The smallest absolute Gasteiger partial charge is 0.159 e. The van der Waals surface area contributed by atoms with Crippen LogP contribution in [0.3, 0.4) is 0 Å². The molecule has 0 unspecified atom stereocenters. The van der Waals surface area contributed by atoms with Gasteiger partial charge in [0.05, 0.1) is 12.8 Å². The molecule has 0 spiro atoms. The first-order valence-corrected chi connectivity index (χ1v) is 9.15. The minimum Gasteiger partial charge on any atom is -0.495 e. The van der Waals surface area contributed by atoms with Crippen molar-refractivity contribution in [3.63, 3.8) is 0 Å². The molecule has 2 aromatic rings. The second-order valence-electron chi connectivity index (χ2n) is 7.12. The van der Waals surface area contributed by atoms with Crippen LogP contribution >= 0.6 is 11.6 Å². The zero-order valence-corrected chi connectivity index (χ0v) is 16.8. The average molecular weight is 378 g/mol. The number of benzene rings is 1. The van der Waals surface area contributed by atoms with E-state index < -0.39 is 0 Å². The minimum absolute atomic E-state index is 0.493. The van der Waals surface area contributed by atoms with Crippen LogP contribution in [0.4, 0.5) is 23.0 Å². The van der Waals surface area contributed by atoms with Gasteiger partial charge in [-0.05, 0) is 30.0 Å². The molecular formula is C19H28ClN5O. The van der Waals surface area contributed by atoms with Gasteiger partial charge in [0.1, 0.15) is 17.8 Å². The van der Waals surface area contributed by atoms with Crippen molar-refractivity contribution in [1.82, 2.24) is 9.97 Å². The second-order valence-corrected chi connectivity index (χ2v) is 7.56. The van der Waals surface area contributed by atoms with Crippen LogP contribution in [0.2, 0.25) is 5.02 Å². The van der Waals surface area contributed by atoms with Crippen molar-refractivity contribution in [1.29, 1.82) is 0 Å². The fourth-order valence-electron chi connectivity index (χ4n) is 2.77. The number of nitrogen functional groups attached to an aromatic ring is 1. The molecule has 1 heterocycles. The summed E-state index contributed by atoms with van der Waals surface area (Å²) in [5.41, 5.74) is 7.62. The molecule has 7 heteroatoms. The molecule has 0 saturated heterocycles. The molecule has 0 aliphatic heterocycles. The Kier molecular flexibility index (Phi) is 6.91. The van der Waals surface area contributed by atoms with Crippen molar-refractivity contribution in [3.05, 3.63) is 29.5 Å². The quantitative estimate of drug-likeness (QED) is 0.701. The lowest BCUT2D eigenvalue weighted by molar-refractivity contribution is 0.417. The van der Waals surface area contributed by atoms with E-state index in [0.717, 1.165) is 18.9 Å². The van der Waals surface area contributed by atoms with Crippen LogP contribution in [-0.2, 0) is 0 Å². The number of ether oxygens (including phenoxy) is 1. The lowest BCUT2D eigenvalue weighted by atomic mass is 10.1. The van der Waals surface area contributed by atoms with Crippen molar-refractivity contribution in [3.8, 4) is 5.75 Å². The SMILES string of the molecule is COc1ccc(Cl)cc1Nc1ncnc(N(CC(C)C)CC(C)C)c1N. The van der Waals surface area contributed by atoms with E-state index in [0.29, 0.717) is 39.8 Å². The number of nitrogens with one attached hydrogen (secondary N) is 1. The Labute approximate surface area is 160 Å². The minimum atomic E-state index is 0.493. The van der Waals surface area contributed by atoms with Gasteiger partial charge in [-0.15, -0.1) is 0 Å². The van der Waals surface area contributed by atoms with Crippen LogP contribution in [0.1, 0.15) is 27.7 Å². The van der Waals surface area contributed by atoms with Crippen molar-refractivity contribution < 1.29 is 4.74 Å². The topological polar surface area (TPSA) is 76.3 Å². The van der Waals surface area contributed by atoms with Crippen LogP contribution in [0.25, 0.3) is 0 Å². The molecule has 0 bridgehead atoms. The molecule has 0 aliphatic rings. The summed E-state index contributed by atoms with van der Waals surface area (Å²) >= 11 is 6.11. The van der Waals surface area contributed by atoms with Crippen LogP contribution in [0.15, 0.2) is 24.5 Å². The Morgan fingerprint density at radius 1 is 1.15 bits per heavy atom. The summed E-state index contributed by atoms with van der Waals surface area (Å²) in [4.78, 5) is 11.0. The molecule has 2 rings (SSSR count). The number of anilines is 4. The highest BCUT2D eigenvalue weighted by Gasteiger charge is 2.18. The van der Waals surface area contributed by atoms with Gasteiger partial charge in [0.2, 0.25) is 0 Å². The monoisotopic (exact) mass is 377 g/mol. The number of hydrogen-bond acceptors (Lipinski definition) is 6. The lowest BCUT2D eigenvalue weighted by Crippen LogP contribution is -2.32. The molecule has 1 aromatic heterocycles. The third-order valence-corrected chi connectivity index (χ3v) is 3.98. The van der Waals surface area contributed by atoms with Crippen molar-refractivity contribution in [2.45, 2.75) is 27.7 Å². The van der Waals surface area contributed by atoms with Gasteiger partial charge in [-0.2, -0.15) is 0 Å². The summed E-state index contributed by atoms with van der Waals surface area (Å²) < 4.78 is 5.38. The Balaban J connectivity index is 2.37. The molecule has 0 atom stereocenters. The maximum absolute atomic E-state index is 6.41. The number of methoxy groups -OCH3 is 1. The Morgan fingerprint density at radius 3 is 2.38 bits per heavy atom. The van der Waals surface area contributed by atoms with Gasteiger partial charge in [0.25, 0.3) is 0 Å². The Hall–Kier alpha value is -2.21. The summed E-state index contributed by atoms with van der Waals surface area (Å²) in [6, 6.07) is 5.35. The molecular weight excluding hydrogens is 350 g/mol. The van der Waals surface area contributed by atoms with E-state index in [-0.39, 0.29) is 0 Å². The van der Waals surface area contributed by atoms with Gasteiger partial charge >= 0.3 is 0 Å². The van der Waals surface area contributed by atoms with E-state index in [9.17, 15) is 0 Å². The molecule has 26 heavy (non-hydrogen) atoms. The van der Waals surface area contributed by atoms with E-state index in [1.165, 1.54) is 6.33 Å². The summed E-state index contributed by atoms with van der Waals surface area (Å²) in [6.45, 7) is 10.5. The first kappa shape index (κ1) is 20.1. The summed E-state index contributed by atoms with van der Waals surface area (Å²) in [6.07, 6.45) is 1.53. The first-order valence-electron chi connectivity index (χ1n) is 8.77. The maximum Gasteiger partial charge on any atom is 0.159 e. The molecule has 3 N–H and O–H groups in total. The maximum atomic E-state index is 6.41. The van der Waals surface area contributed by atoms with Crippen molar-refractivity contribution >= 4 is 34.6 Å². The molecule has 0 radical (unpaired) electrons. The van der Waals surface area contributed by atoms with E-state index in [1.54, 1.807) is 25.3 Å². The normalized spacial score (nSPS) is 11.1. The van der Waals surface area contributed by atoms with Crippen LogP contribution in [-0.4, -0.2) is 30.2 Å².